The van der Waals surface area contributed by atoms with Crippen molar-refractivity contribution >= 4 is 29.1 Å². The van der Waals surface area contributed by atoms with Crippen LogP contribution in [0.4, 0.5) is 15.8 Å². The second kappa shape index (κ2) is 12.3. The van der Waals surface area contributed by atoms with Crippen molar-refractivity contribution in [2.24, 2.45) is 0 Å². The van der Waals surface area contributed by atoms with E-state index in [0.29, 0.717) is 4.90 Å². The van der Waals surface area contributed by atoms with Crippen LogP contribution in [0.3, 0.4) is 0 Å². The topological polar surface area (TPSA) is 154 Å². The fraction of sp³-hybridized carbons (Fsp3) is 0.278. The Bertz CT molecular complexity index is 944. The van der Waals surface area contributed by atoms with Crippen LogP contribution in [0, 0.1) is 26.0 Å². The van der Waals surface area contributed by atoms with Gasteiger partial charge in [0.2, 0.25) is 5.82 Å². The number of benzene rings is 2. The second-order valence-electron chi connectivity index (χ2n) is 5.60. The number of nitrogens with zero attached hydrogens (tertiary/aromatic N) is 2. The summed E-state index contributed by atoms with van der Waals surface area (Å²) in [6.45, 7) is 0. The standard InChI is InChI=1S/C11H14N2O5S.C7H6FNO3/c1-12-7(11(14)15)6-19-9-5-3-4-8(18-2)10(9)13(16)17;1-12-6-4-2-3-5(8)7(6)9(10)11/h3-5,7,12H,6H2,1-2H3,(H,14,15);2-4H,1H3/t7-;/m0./s1. The minimum absolute atomic E-state index is 0.0694. The number of likely N-dealkylation sites (N-methyl/N-ethyl adjacent to an activating group) is 1. The van der Waals surface area contributed by atoms with Gasteiger partial charge < -0.3 is 19.9 Å². The maximum Gasteiger partial charge on any atom is 0.346 e. The van der Waals surface area contributed by atoms with Crippen molar-refractivity contribution in [1.82, 2.24) is 5.32 Å². The quantitative estimate of drug-likeness (QED) is 0.326. The van der Waals surface area contributed by atoms with E-state index in [1.54, 1.807) is 12.1 Å². The van der Waals surface area contributed by atoms with Crippen molar-refractivity contribution in [3.05, 3.63) is 62.4 Å². The van der Waals surface area contributed by atoms with Crippen molar-refractivity contribution in [1.29, 1.82) is 0 Å². The number of methoxy groups -OCH3 is 2. The molecule has 0 bridgehead atoms. The molecule has 0 saturated carbocycles. The molecule has 11 nitrogen and oxygen atoms in total. The summed E-state index contributed by atoms with van der Waals surface area (Å²) in [7, 11) is 4.13. The molecule has 0 radical (unpaired) electrons. The number of carboxylic acid groups (broad SMARTS) is 1. The van der Waals surface area contributed by atoms with Gasteiger partial charge in [-0.05, 0) is 31.3 Å². The summed E-state index contributed by atoms with van der Waals surface area (Å²) in [5, 5.41) is 32.8. The summed E-state index contributed by atoms with van der Waals surface area (Å²) in [6, 6.07) is 7.62. The summed E-state index contributed by atoms with van der Waals surface area (Å²) >= 11 is 1.10. The van der Waals surface area contributed by atoms with Crippen LogP contribution in [0.15, 0.2) is 41.3 Å². The second-order valence-corrected chi connectivity index (χ2v) is 6.66. The number of hydrogen-bond donors (Lipinski definition) is 2. The SMILES string of the molecule is CN[C@@H](CSc1cccc(OC)c1[N+](=O)[O-])C(=O)O.COc1cccc(F)c1[N+](=O)[O-]. The van der Waals surface area contributed by atoms with Crippen LogP contribution in [0.25, 0.3) is 0 Å². The highest BCUT2D eigenvalue weighted by atomic mass is 32.2. The lowest BCUT2D eigenvalue weighted by Crippen LogP contribution is -2.35. The molecule has 2 rings (SSSR count). The van der Waals surface area contributed by atoms with Crippen LogP contribution < -0.4 is 14.8 Å². The number of ether oxygens (including phenoxy) is 2. The van der Waals surface area contributed by atoms with Crippen molar-refractivity contribution in [2.75, 3.05) is 27.0 Å². The van der Waals surface area contributed by atoms with Gasteiger partial charge >= 0.3 is 17.3 Å². The summed E-state index contributed by atoms with van der Waals surface area (Å²) in [5.41, 5.74) is -0.768. The van der Waals surface area contributed by atoms with Crippen molar-refractivity contribution < 1.29 is 33.6 Å². The van der Waals surface area contributed by atoms with Crippen molar-refractivity contribution in [2.45, 2.75) is 10.9 Å². The molecular weight excluding hydrogens is 437 g/mol. The number of hydrogen-bond acceptors (Lipinski definition) is 9. The molecule has 2 N–H and O–H groups in total. The lowest BCUT2D eigenvalue weighted by molar-refractivity contribution is -0.388. The number of nitro groups is 2. The number of carbonyl (C=O) groups is 1. The molecule has 0 fully saturated rings. The van der Waals surface area contributed by atoms with Crippen molar-refractivity contribution in [3.63, 3.8) is 0 Å². The zero-order valence-electron chi connectivity index (χ0n) is 16.7. The Morgan fingerprint density at radius 3 is 2.03 bits per heavy atom. The Kier molecular flexibility index (Phi) is 10.1. The normalized spacial score (nSPS) is 11.0. The van der Waals surface area contributed by atoms with E-state index in [9.17, 15) is 29.4 Å². The average molecular weight is 457 g/mol. The molecule has 0 spiro atoms. The van der Waals surface area contributed by atoms with Crippen LogP contribution in [0.2, 0.25) is 0 Å². The number of nitrogens with one attached hydrogen (secondary N) is 1. The first-order valence-electron chi connectivity index (χ1n) is 8.49. The lowest BCUT2D eigenvalue weighted by atomic mass is 10.3. The van der Waals surface area contributed by atoms with E-state index in [0.717, 1.165) is 17.8 Å². The highest BCUT2D eigenvalue weighted by molar-refractivity contribution is 7.99. The third-order valence-electron chi connectivity index (χ3n) is 3.77. The molecule has 0 amide bonds. The highest BCUT2D eigenvalue weighted by Gasteiger charge is 2.23. The Morgan fingerprint density at radius 2 is 1.61 bits per heavy atom. The van der Waals surface area contributed by atoms with Gasteiger partial charge in [-0.2, -0.15) is 4.39 Å². The van der Waals surface area contributed by atoms with Crippen LogP contribution in [-0.2, 0) is 4.79 Å². The fourth-order valence-electron chi connectivity index (χ4n) is 2.25. The van der Waals surface area contributed by atoms with Gasteiger partial charge in [-0.3, -0.25) is 25.0 Å². The lowest BCUT2D eigenvalue weighted by Gasteiger charge is -2.11. The average Bonchev–Trinajstić information content (AvgIpc) is 2.73. The van der Waals surface area contributed by atoms with Gasteiger partial charge in [0.1, 0.15) is 6.04 Å². The molecule has 0 saturated heterocycles. The molecule has 0 heterocycles. The maximum atomic E-state index is 12.8. The van der Waals surface area contributed by atoms with Crippen LogP contribution in [0.5, 0.6) is 11.5 Å². The van der Waals surface area contributed by atoms with Gasteiger partial charge in [0.25, 0.3) is 0 Å². The molecule has 2 aromatic rings. The Morgan fingerprint density at radius 1 is 1.10 bits per heavy atom. The molecule has 1 atom stereocenters. The molecule has 2 aromatic carbocycles. The fourth-order valence-corrected chi connectivity index (χ4v) is 3.39. The van der Waals surface area contributed by atoms with Gasteiger partial charge in [-0.15, -0.1) is 11.8 Å². The summed E-state index contributed by atoms with van der Waals surface area (Å²) in [5.74, 6) is -1.62. The monoisotopic (exact) mass is 457 g/mol. The number of rotatable bonds is 9. The molecule has 31 heavy (non-hydrogen) atoms. The third-order valence-corrected chi connectivity index (χ3v) is 4.91. The minimum Gasteiger partial charge on any atom is -0.490 e. The maximum absolute atomic E-state index is 12.8. The third kappa shape index (κ3) is 7.08. The smallest absolute Gasteiger partial charge is 0.346 e. The van der Waals surface area contributed by atoms with Gasteiger partial charge in [-0.1, -0.05) is 12.1 Å². The first-order valence-corrected chi connectivity index (χ1v) is 9.47. The van der Waals surface area contributed by atoms with Gasteiger partial charge in [0, 0.05) is 5.75 Å². The predicted octanol–water partition coefficient (Wildman–Crippen LogP) is 3.11. The van der Waals surface area contributed by atoms with E-state index in [1.807, 2.05) is 0 Å². The van der Waals surface area contributed by atoms with Crippen LogP contribution in [-0.4, -0.2) is 54.0 Å². The van der Waals surface area contributed by atoms with E-state index in [1.165, 1.54) is 39.5 Å². The summed E-state index contributed by atoms with van der Waals surface area (Å²) < 4.78 is 22.3. The molecule has 168 valence electrons. The highest BCUT2D eigenvalue weighted by Crippen LogP contribution is 2.37. The number of aliphatic carboxylic acids is 1. The Hall–Kier alpha value is -3.45. The summed E-state index contributed by atoms with van der Waals surface area (Å²) in [4.78, 5) is 31.2. The zero-order chi connectivity index (χ0) is 23.6. The number of carboxylic acids is 1. The molecule has 0 aliphatic heterocycles. The van der Waals surface area contributed by atoms with Crippen molar-refractivity contribution in [3.8, 4) is 11.5 Å². The number of nitro benzene ring substituents is 2. The van der Waals surface area contributed by atoms with Crippen LogP contribution >= 0.6 is 11.8 Å². The van der Waals surface area contributed by atoms with E-state index in [2.05, 4.69) is 10.1 Å². The summed E-state index contributed by atoms with van der Waals surface area (Å²) in [6.07, 6.45) is 0. The number of para-hydroxylation sites is 2. The first-order chi connectivity index (χ1) is 14.7. The predicted molar refractivity (Wildman–Crippen MR) is 110 cm³/mol. The van der Waals surface area contributed by atoms with Gasteiger partial charge in [0.05, 0.1) is 29.0 Å². The van der Waals surface area contributed by atoms with E-state index < -0.39 is 33.4 Å². The van der Waals surface area contributed by atoms with E-state index in [-0.39, 0.29) is 22.9 Å². The van der Waals surface area contributed by atoms with Gasteiger partial charge in [0.15, 0.2) is 11.5 Å². The molecule has 13 heteroatoms. The number of halogens is 1. The Balaban J connectivity index is 0.000000343. The Labute approximate surface area is 180 Å². The van der Waals surface area contributed by atoms with Gasteiger partial charge in [-0.25, -0.2) is 0 Å². The van der Waals surface area contributed by atoms with E-state index >= 15 is 0 Å². The molecular formula is C18H20FN3O8S. The zero-order valence-corrected chi connectivity index (χ0v) is 17.6. The molecule has 0 aliphatic rings. The van der Waals surface area contributed by atoms with E-state index in [4.69, 9.17) is 9.84 Å². The number of thioether (sulfide) groups is 1. The molecule has 0 aliphatic carbocycles. The van der Waals surface area contributed by atoms with Crippen LogP contribution in [0.1, 0.15) is 0 Å². The molecule has 0 aromatic heterocycles. The minimum atomic E-state index is -0.999. The molecule has 0 unspecified atom stereocenters. The largest absolute Gasteiger partial charge is 0.490 e. The first kappa shape index (κ1) is 25.6.